The fourth-order valence-electron chi connectivity index (χ4n) is 10.1. The molecule has 3 heteroatoms. The van der Waals surface area contributed by atoms with Crippen molar-refractivity contribution >= 4 is 6.03 Å². The van der Waals surface area contributed by atoms with Crippen molar-refractivity contribution in [2.24, 2.45) is 46.3 Å². The predicted molar refractivity (Wildman–Crippen MR) is 112 cm³/mol. The van der Waals surface area contributed by atoms with E-state index in [0.717, 1.165) is 48.6 Å². The van der Waals surface area contributed by atoms with Gasteiger partial charge in [0.05, 0.1) is 0 Å². The van der Waals surface area contributed by atoms with Crippen molar-refractivity contribution in [3.05, 3.63) is 0 Å². The largest absolute Gasteiger partial charge is 0.338 e. The van der Waals surface area contributed by atoms with Gasteiger partial charge in [0.25, 0.3) is 0 Å². The van der Waals surface area contributed by atoms with Crippen molar-refractivity contribution in [1.29, 1.82) is 0 Å². The summed E-state index contributed by atoms with van der Waals surface area (Å²) in [6.07, 6.45) is 20.2. The van der Waals surface area contributed by atoms with Crippen LogP contribution in [0.25, 0.3) is 0 Å². The van der Waals surface area contributed by atoms with Crippen LogP contribution in [0.1, 0.15) is 89.9 Å². The standard InChI is InChI=1S/C25H40N2O/c28-23(26-3-1-24-11-17-5-18(12-24)7-19(6-17)13-24)27-4-2-25-14-20-8-21(15-25)10-22(9-20)16-25/h17-22H,1-16H2,(H2,26,27,28). The highest BCUT2D eigenvalue weighted by Gasteiger charge is 2.51. The zero-order valence-corrected chi connectivity index (χ0v) is 17.7. The first-order valence-corrected chi connectivity index (χ1v) is 12.6. The quantitative estimate of drug-likeness (QED) is 0.624. The van der Waals surface area contributed by atoms with Crippen LogP contribution in [0.15, 0.2) is 0 Å². The normalized spacial score (nSPS) is 50.1. The molecular formula is C25H40N2O. The molecule has 0 aromatic carbocycles. The molecule has 8 fully saturated rings. The fraction of sp³-hybridized carbons (Fsp3) is 0.960. The monoisotopic (exact) mass is 384 g/mol. The van der Waals surface area contributed by atoms with Crippen LogP contribution in [-0.2, 0) is 0 Å². The molecule has 0 unspecified atom stereocenters. The summed E-state index contributed by atoms with van der Waals surface area (Å²) in [7, 11) is 0. The SMILES string of the molecule is O=C(NCCC12CC3CC(CC(C3)C1)C2)NCCC12CC3CC(CC(C3)C1)C2. The van der Waals surface area contributed by atoms with E-state index in [9.17, 15) is 4.79 Å². The first kappa shape index (κ1) is 18.1. The van der Waals surface area contributed by atoms with Crippen LogP contribution in [0.5, 0.6) is 0 Å². The Morgan fingerprint density at radius 3 is 1.14 bits per heavy atom. The Morgan fingerprint density at radius 2 is 0.857 bits per heavy atom. The van der Waals surface area contributed by atoms with Gasteiger partial charge < -0.3 is 10.6 Å². The molecule has 8 rings (SSSR count). The molecule has 3 nitrogen and oxygen atoms in total. The third-order valence-electron chi connectivity index (χ3n) is 10.2. The lowest BCUT2D eigenvalue weighted by atomic mass is 9.49. The van der Waals surface area contributed by atoms with E-state index in [4.69, 9.17) is 0 Å². The topological polar surface area (TPSA) is 41.1 Å². The number of carbonyl (C=O) groups excluding carboxylic acids is 1. The zero-order chi connectivity index (χ0) is 18.8. The van der Waals surface area contributed by atoms with Crippen molar-refractivity contribution in [2.75, 3.05) is 13.1 Å². The van der Waals surface area contributed by atoms with Gasteiger partial charge in [0.1, 0.15) is 0 Å². The Hall–Kier alpha value is -0.730. The summed E-state index contributed by atoms with van der Waals surface area (Å²) < 4.78 is 0. The lowest BCUT2D eigenvalue weighted by Crippen LogP contribution is -2.48. The predicted octanol–water partition coefficient (Wildman–Crippen LogP) is 5.50. The molecule has 2 amide bonds. The number of urea groups is 1. The highest BCUT2D eigenvalue weighted by Crippen LogP contribution is 2.62. The average Bonchev–Trinajstić information content (AvgIpc) is 2.59. The molecule has 0 saturated heterocycles. The van der Waals surface area contributed by atoms with Gasteiger partial charge in [0.2, 0.25) is 0 Å². The smallest absolute Gasteiger partial charge is 0.314 e. The lowest BCUT2D eigenvalue weighted by Gasteiger charge is -2.57. The van der Waals surface area contributed by atoms with Crippen LogP contribution in [0.3, 0.4) is 0 Å². The molecule has 2 N–H and O–H groups in total. The summed E-state index contributed by atoms with van der Waals surface area (Å²) in [5, 5.41) is 6.43. The minimum atomic E-state index is 0.0921. The summed E-state index contributed by atoms with van der Waals surface area (Å²) >= 11 is 0. The van der Waals surface area contributed by atoms with E-state index in [1.807, 2.05) is 0 Å². The minimum absolute atomic E-state index is 0.0921. The number of amides is 2. The van der Waals surface area contributed by atoms with Crippen molar-refractivity contribution in [1.82, 2.24) is 10.6 Å². The number of hydrogen-bond acceptors (Lipinski definition) is 1. The maximum Gasteiger partial charge on any atom is 0.314 e. The second-order valence-electron chi connectivity index (χ2n) is 12.5. The van der Waals surface area contributed by atoms with E-state index in [2.05, 4.69) is 10.6 Å². The van der Waals surface area contributed by atoms with Crippen LogP contribution in [0, 0.1) is 46.3 Å². The van der Waals surface area contributed by atoms with Crippen LogP contribution < -0.4 is 10.6 Å². The molecule has 8 bridgehead atoms. The minimum Gasteiger partial charge on any atom is -0.338 e. The Labute approximate surface area is 171 Å². The van der Waals surface area contributed by atoms with Gasteiger partial charge in [-0.25, -0.2) is 4.79 Å². The second kappa shape index (κ2) is 6.64. The molecule has 0 radical (unpaired) electrons. The maximum absolute atomic E-state index is 12.4. The third kappa shape index (κ3) is 3.29. The zero-order valence-electron chi connectivity index (χ0n) is 17.7. The molecule has 0 spiro atoms. The summed E-state index contributed by atoms with van der Waals surface area (Å²) in [6.45, 7) is 1.77. The van der Waals surface area contributed by atoms with Crippen molar-refractivity contribution in [3.63, 3.8) is 0 Å². The van der Waals surface area contributed by atoms with E-state index in [-0.39, 0.29) is 6.03 Å². The van der Waals surface area contributed by atoms with Gasteiger partial charge in [-0.3, -0.25) is 0 Å². The van der Waals surface area contributed by atoms with Gasteiger partial charge in [0.15, 0.2) is 0 Å². The molecular weight excluding hydrogens is 344 g/mol. The molecule has 0 heterocycles. The molecule has 28 heavy (non-hydrogen) atoms. The van der Waals surface area contributed by atoms with Crippen molar-refractivity contribution < 1.29 is 4.79 Å². The summed E-state index contributed by atoms with van der Waals surface area (Å²) in [5.41, 5.74) is 1.17. The van der Waals surface area contributed by atoms with E-state index < -0.39 is 0 Å². The third-order valence-corrected chi connectivity index (χ3v) is 10.2. The van der Waals surface area contributed by atoms with Gasteiger partial charge in [-0.2, -0.15) is 0 Å². The molecule has 0 aliphatic heterocycles. The molecule has 0 aromatic rings. The van der Waals surface area contributed by atoms with Crippen LogP contribution in [0.2, 0.25) is 0 Å². The highest BCUT2D eigenvalue weighted by molar-refractivity contribution is 5.73. The molecule has 156 valence electrons. The lowest BCUT2D eigenvalue weighted by molar-refractivity contribution is -0.0567. The second-order valence-corrected chi connectivity index (χ2v) is 12.5. The number of rotatable bonds is 6. The van der Waals surface area contributed by atoms with Gasteiger partial charge >= 0.3 is 6.03 Å². The summed E-state index contributed by atoms with van der Waals surface area (Å²) in [4.78, 5) is 12.4. The van der Waals surface area contributed by atoms with Gasteiger partial charge in [-0.15, -0.1) is 0 Å². The van der Waals surface area contributed by atoms with E-state index in [1.54, 1.807) is 0 Å². The van der Waals surface area contributed by atoms with Crippen molar-refractivity contribution in [3.8, 4) is 0 Å². The van der Waals surface area contributed by atoms with Crippen LogP contribution in [-0.4, -0.2) is 19.1 Å². The number of nitrogens with one attached hydrogen (secondary N) is 2. The highest BCUT2D eigenvalue weighted by atomic mass is 16.2. The first-order valence-electron chi connectivity index (χ1n) is 12.6. The molecule has 0 aromatic heterocycles. The molecule has 8 aliphatic rings. The van der Waals surface area contributed by atoms with Gasteiger partial charge in [-0.1, -0.05) is 0 Å². The Bertz CT molecular complexity index is 503. The average molecular weight is 385 g/mol. The molecule has 0 atom stereocenters. The van der Waals surface area contributed by atoms with Gasteiger partial charge in [0, 0.05) is 13.1 Å². The number of carbonyl (C=O) groups is 1. The van der Waals surface area contributed by atoms with E-state index >= 15 is 0 Å². The fourth-order valence-corrected chi connectivity index (χ4v) is 10.1. The first-order chi connectivity index (χ1) is 13.6. The van der Waals surface area contributed by atoms with Gasteiger partial charge in [-0.05, 0) is 136 Å². The summed E-state index contributed by atoms with van der Waals surface area (Å²) in [5.74, 6) is 6.09. The molecule has 8 aliphatic carbocycles. The Morgan fingerprint density at radius 1 is 0.571 bits per heavy atom. The van der Waals surface area contributed by atoms with E-state index in [0.29, 0.717) is 10.8 Å². The van der Waals surface area contributed by atoms with Crippen LogP contribution >= 0.6 is 0 Å². The van der Waals surface area contributed by atoms with Crippen molar-refractivity contribution in [2.45, 2.75) is 89.9 Å². The molecule has 8 saturated carbocycles. The summed E-state index contributed by atoms with van der Waals surface area (Å²) in [6, 6.07) is 0.0921. The van der Waals surface area contributed by atoms with E-state index in [1.165, 1.54) is 89.9 Å². The Balaban J connectivity index is 0.943. The number of hydrogen-bond donors (Lipinski definition) is 2. The Kier molecular flexibility index (Phi) is 4.28. The maximum atomic E-state index is 12.4. The van der Waals surface area contributed by atoms with Crippen LogP contribution in [0.4, 0.5) is 4.79 Å².